The van der Waals surface area contributed by atoms with Gasteiger partial charge in [-0.15, -0.1) is 0 Å². The van der Waals surface area contributed by atoms with Crippen LogP contribution in [-0.4, -0.2) is 5.91 Å². The zero-order chi connectivity index (χ0) is 13.1. The Morgan fingerprint density at radius 2 is 1.89 bits per heavy atom. The third-order valence-corrected chi connectivity index (χ3v) is 3.11. The van der Waals surface area contributed by atoms with E-state index in [-0.39, 0.29) is 0 Å². The normalized spacial score (nSPS) is 10.1. The van der Waals surface area contributed by atoms with Crippen LogP contribution in [0.3, 0.4) is 0 Å². The summed E-state index contributed by atoms with van der Waals surface area (Å²) < 4.78 is 6.56. The van der Waals surface area contributed by atoms with Crippen molar-refractivity contribution in [1.82, 2.24) is 0 Å². The Hall–Kier alpha value is -1.81. The van der Waals surface area contributed by atoms with Crippen molar-refractivity contribution in [3.63, 3.8) is 0 Å². The van der Waals surface area contributed by atoms with Crippen LogP contribution in [0.1, 0.15) is 15.9 Å². The molecule has 1 amide bonds. The van der Waals surface area contributed by atoms with Crippen molar-refractivity contribution in [1.29, 1.82) is 0 Å². The first-order chi connectivity index (χ1) is 8.58. The fourth-order valence-electron chi connectivity index (χ4n) is 1.56. The molecule has 0 spiro atoms. The first-order valence-electron chi connectivity index (χ1n) is 5.41. The Morgan fingerprint density at radius 1 is 1.17 bits per heavy atom. The van der Waals surface area contributed by atoms with Gasteiger partial charge in [-0.3, -0.25) is 4.79 Å². The molecule has 0 aliphatic rings. The largest absolute Gasteiger partial charge is 0.455 e. The van der Waals surface area contributed by atoms with Crippen LogP contribution in [-0.2, 0) is 0 Å². The molecule has 92 valence electrons. The number of hydrogen-bond acceptors (Lipinski definition) is 2. The highest BCUT2D eigenvalue weighted by atomic mass is 79.9. The molecule has 0 fully saturated rings. The number of para-hydroxylation sites is 1. The third kappa shape index (κ3) is 2.71. The lowest BCUT2D eigenvalue weighted by Gasteiger charge is -2.11. The average Bonchev–Trinajstić information content (AvgIpc) is 2.32. The molecule has 18 heavy (non-hydrogen) atoms. The molecular weight excluding hydrogens is 294 g/mol. The second kappa shape index (κ2) is 5.23. The summed E-state index contributed by atoms with van der Waals surface area (Å²) in [6.45, 7) is 1.93. The number of carbonyl (C=O) groups excluding carboxylic acids is 1. The highest BCUT2D eigenvalue weighted by molar-refractivity contribution is 9.10. The van der Waals surface area contributed by atoms with Crippen molar-refractivity contribution < 1.29 is 9.53 Å². The van der Waals surface area contributed by atoms with Crippen molar-refractivity contribution in [2.75, 3.05) is 0 Å². The third-order valence-electron chi connectivity index (χ3n) is 2.46. The predicted octanol–water partition coefficient (Wildman–Crippen LogP) is 3.65. The quantitative estimate of drug-likeness (QED) is 0.941. The number of carbonyl (C=O) groups is 1. The summed E-state index contributed by atoms with van der Waals surface area (Å²) in [7, 11) is 0. The fraction of sp³-hybridized carbons (Fsp3) is 0.0714. The van der Waals surface area contributed by atoms with Gasteiger partial charge in [0.1, 0.15) is 11.5 Å². The number of amides is 1. The Balaban J connectivity index is 2.42. The van der Waals surface area contributed by atoms with Crippen LogP contribution < -0.4 is 10.5 Å². The van der Waals surface area contributed by atoms with Crippen molar-refractivity contribution >= 4 is 21.8 Å². The van der Waals surface area contributed by atoms with Gasteiger partial charge in [0.25, 0.3) is 5.91 Å². The predicted molar refractivity (Wildman–Crippen MR) is 73.9 cm³/mol. The number of halogens is 1. The Morgan fingerprint density at radius 3 is 2.56 bits per heavy atom. The van der Waals surface area contributed by atoms with E-state index in [2.05, 4.69) is 15.9 Å². The molecule has 0 unspecified atom stereocenters. The highest BCUT2D eigenvalue weighted by Crippen LogP contribution is 2.31. The van der Waals surface area contributed by atoms with Crippen LogP contribution in [0.5, 0.6) is 11.5 Å². The molecular formula is C14H12BrNO2. The van der Waals surface area contributed by atoms with Crippen molar-refractivity contribution in [2.45, 2.75) is 6.92 Å². The summed E-state index contributed by atoms with van der Waals surface area (Å²) in [6.07, 6.45) is 0. The lowest BCUT2D eigenvalue weighted by molar-refractivity contribution is 0.0998. The molecule has 2 aromatic rings. The molecule has 0 atom stereocenters. The van der Waals surface area contributed by atoms with Gasteiger partial charge in [0.15, 0.2) is 0 Å². The second-order valence-electron chi connectivity index (χ2n) is 3.90. The Kier molecular flexibility index (Phi) is 3.67. The molecule has 2 N–H and O–H groups in total. The fourth-order valence-corrected chi connectivity index (χ4v) is 1.93. The van der Waals surface area contributed by atoms with E-state index in [0.29, 0.717) is 17.1 Å². The lowest BCUT2D eigenvalue weighted by Crippen LogP contribution is -2.12. The summed E-state index contributed by atoms with van der Waals surface area (Å²) in [5, 5.41) is 0. The van der Waals surface area contributed by atoms with Gasteiger partial charge in [-0.25, -0.2) is 0 Å². The second-order valence-corrected chi connectivity index (χ2v) is 4.75. The maximum atomic E-state index is 11.3. The van der Waals surface area contributed by atoms with Crippen LogP contribution in [0.15, 0.2) is 46.9 Å². The van der Waals surface area contributed by atoms with Gasteiger partial charge in [0, 0.05) is 0 Å². The molecule has 2 aromatic carbocycles. The number of ether oxygens (including phenoxy) is 1. The molecule has 0 aliphatic heterocycles. The molecule has 0 saturated carbocycles. The Bertz CT molecular complexity index is 596. The smallest absolute Gasteiger partial charge is 0.252 e. The van der Waals surface area contributed by atoms with E-state index >= 15 is 0 Å². The number of aryl methyl sites for hydroxylation is 1. The van der Waals surface area contributed by atoms with Crippen molar-refractivity contribution in [2.24, 2.45) is 5.73 Å². The zero-order valence-electron chi connectivity index (χ0n) is 9.81. The maximum Gasteiger partial charge on any atom is 0.252 e. The van der Waals surface area contributed by atoms with Crippen LogP contribution >= 0.6 is 15.9 Å². The van der Waals surface area contributed by atoms with E-state index in [9.17, 15) is 4.79 Å². The number of nitrogens with two attached hydrogens (primary N) is 1. The monoisotopic (exact) mass is 305 g/mol. The molecule has 0 saturated heterocycles. The highest BCUT2D eigenvalue weighted by Gasteiger charge is 2.11. The van der Waals surface area contributed by atoms with Gasteiger partial charge in [0.2, 0.25) is 0 Å². The van der Waals surface area contributed by atoms with E-state index in [1.54, 1.807) is 12.1 Å². The summed E-state index contributed by atoms with van der Waals surface area (Å²) in [6, 6.07) is 12.7. The Labute approximate surface area is 114 Å². The number of benzene rings is 2. The van der Waals surface area contributed by atoms with Crippen LogP contribution in [0, 0.1) is 6.92 Å². The van der Waals surface area contributed by atoms with Crippen molar-refractivity contribution in [3.05, 3.63) is 58.1 Å². The van der Waals surface area contributed by atoms with E-state index in [1.807, 2.05) is 37.3 Å². The molecule has 2 rings (SSSR count). The molecule has 0 aromatic heterocycles. The SMILES string of the molecule is Cc1ccc(C(N)=O)c(Oc2ccccc2Br)c1. The van der Waals surface area contributed by atoms with E-state index in [4.69, 9.17) is 10.5 Å². The summed E-state index contributed by atoms with van der Waals surface area (Å²) in [4.78, 5) is 11.3. The van der Waals surface area contributed by atoms with Crippen molar-refractivity contribution in [3.8, 4) is 11.5 Å². The number of rotatable bonds is 3. The van der Waals surface area contributed by atoms with Gasteiger partial charge in [-0.1, -0.05) is 18.2 Å². The first-order valence-corrected chi connectivity index (χ1v) is 6.20. The summed E-state index contributed by atoms with van der Waals surface area (Å²) in [5.74, 6) is 0.608. The van der Waals surface area contributed by atoms with Gasteiger partial charge in [0.05, 0.1) is 10.0 Å². The topological polar surface area (TPSA) is 52.3 Å². The summed E-state index contributed by atoms with van der Waals surface area (Å²) in [5.41, 5.74) is 6.70. The average molecular weight is 306 g/mol. The van der Waals surface area contributed by atoms with Gasteiger partial charge in [-0.2, -0.15) is 0 Å². The lowest BCUT2D eigenvalue weighted by atomic mass is 10.1. The van der Waals surface area contributed by atoms with Gasteiger partial charge in [-0.05, 0) is 52.7 Å². The van der Waals surface area contributed by atoms with Crippen LogP contribution in [0.4, 0.5) is 0 Å². The molecule has 4 heteroatoms. The van der Waals surface area contributed by atoms with Gasteiger partial charge >= 0.3 is 0 Å². The molecule has 3 nitrogen and oxygen atoms in total. The number of hydrogen-bond donors (Lipinski definition) is 1. The maximum absolute atomic E-state index is 11.3. The molecule has 0 aliphatic carbocycles. The summed E-state index contributed by atoms with van der Waals surface area (Å²) >= 11 is 3.39. The number of primary amides is 1. The molecule has 0 heterocycles. The zero-order valence-corrected chi connectivity index (χ0v) is 11.4. The van der Waals surface area contributed by atoms with Crippen LogP contribution in [0.2, 0.25) is 0 Å². The standard InChI is InChI=1S/C14H12BrNO2/c1-9-6-7-10(14(16)17)13(8-9)18-12-5-3-2-4-11(12)15/h2-8H,1H3,(H2,16,17). The van der Waals surface area contributed by atoms with E-state index in [0.717, 1.165) is 10.0 Å². The minimum Gasteiger partial charge on any atom is -0.455 e. The molecule has 0 bridgehead atoms. The van der Waals surface area contributed by atoms with E-state index < -0.39 is 5.91 Å². The van der Waals surface area contributed by atoms with E-state index in [1.165, 1.54) is 0 Å². The minimum atomic E-state index is -0.503. The first kappa shape index (κ1) is 12.6. The minimum absolute atomic E-state index is 0.372. The molecule has 0 radical (unpaired) electrons. The van der Waals surface area contributed by atoms with Gasteiger partial charge < -0.3 is 10.5 Å². The van der Waals surface area contributed by atoms with Crippen LogP contribution in [0.25, 0.3) is 0 Å².